The van der Waals surface area contributed by atoms with Gasteiger partial charge in [0.1, 0.15) is 0 Å². The molecule has 0 spiro atoms. The van der Waals surface area contributed by atoms with Gasteiger partial charge >= 0.3 is 17.3 Å². The van der Waals surface area contributed by atoms with Gasteiger partial charge in [-0.3, -0.25) is 25.0 Å². The summed E-state index contributed by atoms with van der Waals surface area (Å²) in [6.07, 6.45) is 0. The number of hydrogen-bond donors (Lipinski definition) is 1. The molecule has 1 N–H and O–H groups in total. The zero-order chi connectivity index (χ0) is 14.7. The summed E-state index contributed by atoms with van der Waals surface area (Å²) in [5.74, 6) is -2.85. The monoisotopic (exact) mass is 270 g/mol. The van der Waals surface area contributed by atoms with Gasteiger partial charge in [-0.25, -0.2) is 0 Å². The van der Waals surface area contributed by atoms with Crippen molar-refractivity contribution in [1.82, 2.24) is 0 Å². The fourth-order valence-electron chi connectivity index (χ4n) is 1.49. The molecule has 1 unspecified atom stereocenters. The number of nitro groups is 2. The Morgan fingerprint density at radius 2 is 1.68 bits per heavy atom. The van der Waals surface area contributed by atoms with Gasteiger partial charge in [0.2, 0.25) is 0 Å². The van der Waals surface area contributed by atoms with Crippen LogP contribution in [0.25, 0.3) is 0 Å². The van der Waals surface area contributed by atoms with Crippen molar-refractivity contribution in [3.8, 4) is 5.75 Å². The van der Waals surface area contributed by atoms with Gasteiger partial charge in [-0.05, 0) is 12.5 Å². The zero-order valence-corrected chi connectivity index (χ0v) is 10.0. The molecule has 0 aliphatic rings. The van der Waals surface area contributed by atoms with Crippen LogP contribution in [0.1, 0.15) is 18.4 Å². The highest BCUT2D eigenvalue weighted by atomic mass is 16.6. The Kier molecular flexibility index (Phi) is 4.00. The average Bonchev–Trinajstić information content (AvgIpc) is 2.35. The predicted octanol–water partition coefficient (Wildman–Crippen LogP) is 1.70. The summed E-state index contributed by atoms with van der Waals surface area (Å²) in [5, 5.41) is 30.6. The zero-order valence-electron chi connectivity index (χ0n) is 10.0. The van der Waals surface area contributed by atoms with Crippen LogP contribution in [0, 0.1) is 20.2 Å². The lowest BCUT2D eigenvalue weighted by Crippen LogP contribution is -2.09. The van der Waals surface area contributed by atoms with Crippen LogP contribution in [0.4, 0.5) is 11.4 Å². The Morgan fingerprint density at radius 1 is 1.26 bits per heavy atom. The SMILES string of the molecule is COc1c([N+](=O)[O-])cc(C(C)C(=O)O)cc1[N+](=O)[O-]. The Bertz CT molecular complexity index is 520. The minimum absolute atomic E-state index is 0.0355. The van der Waals surface area contributed by atoms with E-state index in [0.29, 0.717) is 0 Å². The third-order valence-corrected chi connectivity index (χ3v) is 2.54. The molecule has 9 heteroatoms. The molecule has 0 aliphatic carbocycles. The van der Waals surface area contributed by atoms with E-state index >= 15 is 0 Å². The van der Waals surface area contributed by atoms with E-state index in [1.807, 2.05) is 0 Å². The molecule has 0 saturated carbocycles. The molecular formula is C10H10N2O7. The first-order valence-corrected chi connectivity index (χ1v) is 5.03. The number of carboxylic acids is 1. The normalized spacial score (nSPS) is 11.7. The smallest absolute Gasteiger partial charge is 0.318 e. The highest BCUT2D eigenvalue weighted by Crippen LogP contribution is 2.39. The minimum atomic E-state index is -1.24. The van der Waals surface area contributed by atoms with Gasteiger partial charge in [0, 0.05) is 12.1 Å². The number of carboxylic acid groups (broad SMARTS) is 1. The second-order valence-electron chi connectivity index (χ2n) is 3.67. The van der Waals surface area contributed by atoms with Crippen LogP contribution in [0.5, 0.6) is 5.75 Å². The summed E-state index contributed by atoms with van der Waals surface area (Å²) in [5.41, 5.74) is -1.31. The van der Waals surface area contributed by atoms with Crippen LogP contribution >= 0.6 is 0 Å². The number of nitrogens with zero attached hydrogens (tertiary/aromatic N) is 2. The van der Waals surface area contributed by atoms with Crippen molar-refractivity contribution >= 4 is 17.3 Å². The van der Waals surface area contributed by atoms with E-state index in [1.165, 1.54) is 6.92 Å². The predicted molar refractivity (Wildman–Crippen MR) is 62.4 cm³/mol. The highest BCUT2D eigenvalue weighted by molar-refractivity contribution is 5.77. The molecule has 0 fully saturated rings. The summed E-state index contributed by atoms with van der Waals surface area (Å²) in [7, 11) is 1.07. The number of nitro benzene ring substituents is 2. The molecule has 0 radical (unpaired) electrons. The molecule has 1 atom stereocenters. The number of aliphatic carboxylic acids is 1. The molecule has 0 saturated heterocycles. The molecular weight excluding hydrogens is 260 g/mol. The van der Waals surface area contributed by atoms with Crippen LogP contribution in [0.2, 0.25) is 0 Å². The van der Waals surface area contributed by atoms with Gasteiger partial charge in [0.15, 0.2) is 0 Å². The van der Waals surface area contributed by atoms with E-state index in [-0.39, 0.29) is 5.56 Å². The quantitative estimate of drug-likeness (QED) is 0.635. The van der Waals surface area contributed by atoms with Crippen LogP contribution in [0.15, 0.2) is 12.1 Å². The molecule has 0 aromatic heterocycles. The lowest BCUT2D eigenvalue weighted by Gasteiger charge is -2.09. The minimum Gasteiger partial charge on any atom is -0.485 e. The first-order chi connectivity index (χ1) is 8.79. The maximum absolute atomic E-state index is 10.9. The fraction of sp³-hybridized carbons (Fsp3) is 0.300. The van der Waals surface area contributed by atoms with E-state index in [0.717, 1.165) is 19.2 Å². The van der Waals surface area contributed by atoms with Crippen molar-refractivity contribution in [2.75, 3.05) is 7.11 Å². The molecule has 102 valence electrons. The third kappa shape index (κ3) is 2.76. The van der Waals surface area contributed by atoms with Crippen LogP contribution in [0.3, 0.4) is 0 Å². The summed E-state index contributed by atoms with van der Waals surface area (Å²) < 4.78 is 4.66. The summed E-state index contributed by atoms with van der Waals surface area (Å²) >= 11 is 0. The standard InChI is InChI=1S/C10H10N2O7/c1-5(10(13)14)6-3-7(11(15)16)9(19-2)8(4-6)12(17)18/h3-5H,1-2H3,(H,13,14). The van der Waals surface area contributed by atoms with Crippen molar-refractivity contribution < 1.29 is 24.5 Å². The van der Waals surface area contributed by atoms with Crippen molar-refractivity contribution in [2.24, 2.45) is 0 Å². The number of methoxy groups -OCH3 is 1. The first kappa shape index (κ1) is 14.4. The number of benzene rings is 1. The molecule has 0 aliphatic heterocycles. The van der Waals surface area contributed by atoms with Gasteiger partial charge < -0.3 is 9.84 Å². The molecule has 1 aromatic rings. The van der Waals surface area contributed by atoms with Crippen LogP contribution in [-0.4, -0.2) is 28.0 Å². The maximum Gasteiger partial charge on any atom is 0.318 e. The topological polar surface area (TPSA) is 133 Å². The lowest BCUT2D eigenvalue weighted by molar-refractivity contribution is -0.395. The maximum atomic E-state index is 10.9. The summed E-state index contributed by atoms with van der Waals surface area (Å²) in [6.45, 7) is 1.28. The number of hydrogen-bond acceptors (Lipinski definition) is 6. The van der Waals surface area contributed by atoms with E-state index in [2.05, 4.69) is 4.74 Å². The molecule has 1 rings (SSSR count). The number of rotatable bonds is 5. The molecule has 0 bridgehead atoms. The summed E-state index contributed by atoms with van der Waals surface area (Å²) in [4.78, 5) is 30.8. The van der Waals surface area contributed by atoms with E-state index in [4.69, 9.17) is 5.11 Å². The van der Waals surface area contributed by atoms with Crippen molar-refractivity contribution in [3.05, 3.63) is 37.9 Å². The Labute approximate surface area is 106 Å². The van der Waals surface area contributed by atoms with Gasteiger partial charge in [-0.1, -0.05) is 0 Å². The number of carbonyl (C=O) groups is 1. The van der Waals surface area contributed by atoms with Crippen LogP contribution < -0.4 is 4.74 Å². The molecule has 9 nitrogen and oxygen atoms in total. The average molecular weight is 270 g/mol. The van der Waals surface area contributed by atoms with Crippen LogP contribution in [-0.2, 0) is 4.79 Å². The second-order valence-corrected chi connectivity index (χ2v) is 3.67. The summed E-state index contributed by atoms with van der Waals surface area (Å²) in [6, 6.07) is 1.93. The van der Waals surface area contributed by atoms with Crippen molar-refractivity contribution in [2.45, 2.75) is 12.8 Å². The molecule has 0 heterocycles. The van der Waals surface area contributed by atoms with Gasteiger partial charge in [0.25, 0.3) is 5.75 Å². The first-order valence-electron chi connectivity index (χ1n) is 5.03. The molecule has 0 amide bonds. The Hall–Kier alpha value is -2.71. The Balaban J connectivity index is 3.58. The van der Waals surface area contributed by atoms with Crippen molar-refractivity contribution in [3.63, 3.8) is 0 Å². The van der Waals surface area contributed by atoms with Gasteiger partial charge in [-0.2, -0.15) is 0 Å². The fourth-order valence-corrected chi connectivity index (χ4v) is 1.49. The molecule has 1 aromatic carbocycles. The Morgan fingerprint density at radius 3 is 1.95 bits per heavy atom. The van der Waals surface area contributed by atoms with E-state index in [1.54, 1.807) is 0 Å². The van der Waals surface area contributed by atoms with Gasteiger partial charge in [-0.15, -0.1) is 0 Å². The van der Waals surface area contributed by atoms with Gasteiger partial charge in [0.05, 0.1) is 22.9 Å². The van der Waals surface area contributed by atoms with Crippen molar-refractivity contribution in [1.29, 1.82) is 0 Å². The third-order valence-electron chi connectivity index (χ3n) is 2.54. The van der Waals surface area contributed by atoms with E-state index < -0.39 is 38.9 Å². The largest absolute Gasteiger partial charge is 0.485 e. The van der Waals surface area contributed by atoms with E-state index in [9.17, 15) is 25.0 Å². The molecule has 19 heavy (non-hydrogen) atoms. The highest BCUT2D eigenvalue weighted by Gasteiger charge is 2.30. The second kappa shape index (κ2) is 5.29. The number of ether oxygens (including phenoxy) is 1. The lowest BCUT2D eigenvalue weighted by atomic mass is 9.99.